The van der Waals surface area contributed by atoms with E-state index in [1.165, 1.54) is 6.92 Å². The van der Waals surface area contributed by atoms with Gasteiger partial charge in [-0.25, -0.2) is 0 Å². The van der Waals surface area contributed by atoms with Gasteiger partial charge in [0.15, 0.2) is 5.60 Å². The fourth-order valence-electron chi connectivity index (χ4n) is 1.88. The molecular formula is C12H18O2. The number of terminal acetylenes is 1. The first kappa shape index (κ1) is 11.1. The van der Waals surface area contributed by atoms with E-state index in [9.17, 15) is 4.79 Å². The van der Waals surface area contributed by atoms with Crippen LogP contribution in [0, 0.1) is 17.8 Å². The second kappa shape index (κ2) is 3.65. The smallest absolute Gasteiger partial charge is 0.304 e. The van der Waals surface area contributed by atoms with Gasteiger partial charge in [-0.2, -0.15) is 0 Å². The molecule has 0 aromatic heterocycles. The third-order valence-electron chi connectivity index (χ3n) is 3.01. The van der Waals surface area contributed by atoms with E-state index in [1.54, 1.807) is 0 Å². The average Bonchev–Trinajstić information content (AvgIpc) is 2.09. The predicted octanol–water partition coefficient (Wildman–Crippen LogP) is 2.52. The lowest BCUT2D eigenvalue weighted by Gasteiger charge is -2.39. The molecule has 0 amide bonds. The molecule has 0 radical (unpaired) electrons. The van der Waals surface area contributed by atoms with Crippen LogP contribution in [0.5, 0.6) is 0 Å². The van der Waals surface area contributed by atoms with Crippen LogP contribution in [0.1, 0.15) is 46.5 Å². The van der Waals surface area contributed by atoms with E-state index < -0.39 is 5.60 Å². The van der Waals surface area contributed by atoms with Crippen LogP contribution < -0.4 is 0 Å². The average molecular weight is 194 g/mol. The highest BCUT2D eigenvalue weighted by atomic mass is 16.6. The van der Waals surface area contributed by atoms with Crippen molar-refractivity contribution in [2.24, 2.45) is 5.41 Å². The van der Waals surface area contributed by atoms with E-state index in [0.717, 1.165) is 25.7 Å². The van der Waals surface area contributed by atoms with Crippen molar-refractivity contribution in [3.63, 3.8) is 0 Å². The minimum absolute atomic E-state index is 0.275. The number of rotatable bonds is 1. The molecule has 14 heavy (non-hydrogen) atoms. The van der Waals surface area contributed by atoms with Crippen LogP contribution >= 0.6 is 0 Å². The minimum atomic E-state index is -0.624. The Bertz CT molecular complexity index is 261. The monoisotopic (exact) mass is 194 g/mol. The Kier molecular flexibility index (Phi) is 2.89. The van der Waals surface area contributed by atoms with Crippen molar-refractivity contribution in [2.45, 2.75) is 52.1 Å². The first-order chi connectivity index (χ1) is 6.39. The Morgan fingerprint density at radius 1 is 1.29 bits per heavy atom. The highest BCUT2D eigenvalue weighted by molar-refractivity contribution is 5.67. The van der Waals surface area contributed by atoms with Gasteiger partial charge >= 0.3 is 5.97 Å². The standard InChI is InChI=1S/C12H18O2/c1-5-12(14-10(2)13)8-6-11(3,4)7-9-12/h1H,6-9H2,2-4H3. The Morgan fingerprint density at radius 3 is 2.14 bits per heavy atom. The van der Waals surface area contributed by atoms with Crippen LogP contribution in [0.25, 0.3) is 0 Å². The largest absolute Gasteiger partial charge is 0.446 e. The quantitative estimate of drug-likeness (QED) is 0.473. The zero-order chi connectivity index (χ0) is 10.8. The maximum absolute atomic E-state index is 10.9. The third kappa shape index (κ3) is 2.51. The normalized spacial score (nSPS) is 23.6. The molecule has 0 unspecified atom stereocenters. The summed E-state index contributed by atoms with van der Waals surface area (Å²) < 4.78 is 5.25. The summed E-state index contributed by atoms with van der Waals surface area (Å²) in [6.07, 6.45) is 9.06. The van der Waals surface area contributed by atoms with E-state index >= 15 is 0 Å². The number of ether oxygens (including phenoxy) is 1. The number of esters is 1. The zero-order valence-electron chi connectivity index (χ0n) is 9.22. The molecule has 1 fully saturated rings. The van der Waals surface area contributed by atoms with Gasteiger partial charge in [0.2, 0.25) is 0 Å². The second-order valence-corrected chi connectivity index (χ2v) is 4.90. The molecule has 2 nitrogen and oxygen atoms in total. The van der Waals surface area contributed by atoms with Crippen molar-refractivity contribution in [1.29, 1.82) is 0 Å². The maximum Gasteiger partial charge on any atom is 0.304 e. The van der Waals surface area contributed by atoms with Gasteiger partial charge in [-0.05, 0) is 31.1 Å². The molecule has 0 aliphatic heterocycles. The summed E-state index contributed by atoms with van der Waals surface area (Å²) in [6, 6.07) is 0. The summed E-state index contributed by atoms with van der Waals surface area (Å²) in [5, 5.41) is 0. The maximum atomic E-state index is 10.9. The first-order valence-electron chi connectivity index (χ1n) is 5.07. The predicted molar refractivity (Wildman–Crippen MR) is 55.6 cm³/mol. The lowest BCUT2D eigenvalue weighted by atomic mass is 9.71. The molecule has 0 atom stereocenters. The van der Waals surface area contributed by atoms with Gasteiger partial charge in [-0.15, -0.1) is 6.42 Å². The van der Waals surface area contributed by atoms with Crippen LogP contribution in [-0.4, -0.2) is 11.6 Å². The van der Waals surface area contributed by atoms with Crippen molar-refractivity contribution < 1.29 is 9.53 Å². The number of hydrogen-bond donors (Lipinski definition) is 0. The molecule has 0 heterocycles. The third-order valence-corrected chi connectivity index (χ3v) is 3.01. The molecule has 0 N–H and O–H groups in total. The van der Waals surface area contributed by atoms with E-state index in [2.05, 4.69) is 19.8 Å². The molecule has 0 spiro atoms. The lowest BCUT2D eigenvalue weighted by Crippen LogP contribution is -2.39. The van der Waals surface area contributed by atoms with E-state index in [4.69, 9.17) is 11.2 Å². The highest BCUT2D eigenvalue weighted by Gasteiger charge is 2.39. The molecule has 0 saturated heterocycles. The zero-order valence-corrected chi connectivity index (χ0v) is 9.22. The SMILES string of the molecule is C#CC1(OC(C)=O)CCC(C)(C)CC1. The lowest BCUT2D eigenvalue weighted by molar-refractivity contribution is -0.155. The summed E-state index contributed by atoms with van der Waals surface area (Å²) >= 11 is 0. The minimum Gasteiger partial charge on any atom is -0.446 e. The molecule has 0 aromatic rings. The van der Waals surface area contributed by atoms with Crippen molar-refractivity contribution in [3.8, 4) is 12.3 Å². The molecule has 0 bridgehead atoms. The van der Waals surface area contributed by atoms with Crippen molar-refractivity contribution >= 4 is 5.97 Å². The molecule has 1 saturated carbocycles. The Balaban J connectivity index is 2.67. The van der Waals surface area contributed by atoms with Crippen LogP contribution in [-0.2, 0) is 9.53 Å². The van der Waals surface area contributed by atoms with Crippen molar-refractivity contribution in [2.75, 3.05) is 0 Å². The van der Waals surface area contributed by atoms with Crippen LogP contribution in [0.2, 0.25) is 0 Å². The van der Waals surface area contributed by atoms with Gasteiger partial charge in [-0.1, -0.05) is 19.8 Å². The van der Waals surface area contributed by atoms with Crippen LogP contribution in [0.15, 0.2) is 0 Å². The van der Waals surface area contributed by atoms with Crippen molar-refractivity contribution in [3.05, 3.63) is 0 Å². The van der Waals surface area contributed by atoms with E-state index in [0.29, 0.717) is 5.41 Å². The fourth-order valence-corrected chi connectivity index (χ4v) is 1.88. The van der Waals surface area contributed by atoms with Gasteiger partial charge in [-0.3, -0.25) is 4.79 Å². The molecule has 1 aliphatic carbocycles. The summed E-state index contributed by atoms with van der Waals surface area (Å²) in [7, 11) is 0. The summed E-state index contributed by atoms with van der Waals surface area (Å²) in [5.41, 5.74) is -0.290. The fraction of sp³-hybridized carbons (Fsp3) is 0.750. The molecular weight excluding hydrogens is 176 g/mol. The van der Waals surface area contributed by atoms with Gasteiger partial charge < -0.3 is 4.74 Å². The number of carbonyl (C=O) groups is 1. The molecule has 2 heteroatoms. The van der Waals surface area contributed by atoms with Crippen LogP contribution in [0.4, 0.5) is 0 Å². The topological polar surface area (TPSA) is 26.3 Å². The van der Waals surface area contributed by atoms with Gasteiger partial charge in [0.1, 0.15) is 0 Å². The van der Waals surface area contributed by atoms with Crippen molar-refractivity contribution in [1.82, 2.24) is 0 Å². The van der Waals surface area contributed by atoms with E-state index in [1.807, 2.05) is 0 Å². The molecule has 1 rings (SSSR count). The van der Waals surface area contributed by atoms with Gasteiger partial charge in [0, 0.05) is 6.92 Å². The Morgan fingerprint density at radius 2 is 1.79 bits per heavy atom. The molecule has 0 aromatic carbocycles. The summed E-state index contributed by atoms with van der Waals surface area (Å²) in [6.45, 7) is 5.86. The van der Waals surface area contributed by atoms with Crippen LogP contribution in [0.3, 0.4) is 0 Å². The Hall–Kier alpha value is -0.970. The highest BCUT2D eigenvalue weighted by Crippen LogP contribution is 2.41. The summed E-state index contributed by atoms with van der Waals surface area (Å²) in [5.74, 6) is 2.37. The van der Waals surface area contributed by atoms with Gasteiger partial charge in [0.05, 0.1) is 0 Å². The Labute approximate surface area is 86.0 Å². The number of carbonyl (C=O) groups excluding carboxylic acids is 1. The molecule has 1 aliphatic rings. The molecule has 78 valence electrons. The van der Waals surface area contributed by atoms with E-state index in [-0.39, 0.29) is 5.97 Å². The van der Waals surface area contributed by atoms with Gasteiger partial charge in [0.25, 0.3) is 0 Å². The second-order valence-electron chi connectivity index (χ2n) is 4.90. The first-order valence-corrected chi connectivity index (χ1v) is 5.07. The summed E-state index contributed by atoms with van der Waals surface area (Å²) in [4.78, 5) is 10.9. The number of hydrogen-bond acceptors (Lipinski definition) is 2.